The second-order valence-corrected chi connectivity index (χ2v) is 2.18. The summed E-state index contributed by atoms with van der Waals surface area (Å²) in [6.07, 6.45) is 4.85. The summed E-state index contributed by atoms with van der Waals surface area (Å²) in [5.74, 6) is 0.577. The van der Waals surface area contributed by atoms with E-state index < -0.39 is 0 Å². The SMILES string of the molecule is OCCOn1cnc2nccn21. The molecule has 0 atom stereocenters. The van der Waals surface area contributed by atoms with Gasteiger partial charge in [0.2, 0.25) is 0 Å². The summed E-state index contributed by atoms with van der Waals surface area (Å²) in [4.78, 5) is 14.4. The quantitative estimate of drug-likeness (QED) is 0.635. The van der Waals surface area contributed by atoms with E-state index >= 15 is 0 Å². The molecule has 0 saturated carbocycles. The van der Waals surface area contributed by atoms with Gasteiger partial charge in [0.25, 0.3) is 5.78 Å². The highest BCUT2D eigenvalue weighted by molar-refractivity contribution is 5.23. The van der Waals surface area contributed by atoms with E-state index in [9.17, 15) is 0 Å². The number of aromatic nitrogens is 4. The maximum Gasteiger partial charge on any atom is 0.253 e. The van der Waals surface area contributed by atoms with E-state index in [0.717, 1.165) is 0 Å². The Kier molecular flexibility index (Phi) is 1.67. The van der Waals surface area contributed by atoms with Crippen molar-refractivity contribution in [3.05, 3.63) is 18.7 Å². The van der Waals surface area contributed by atoms with Gasteiger partial charge in [-0.15, -0.1) is 4.85 Å². The minimum atomic E-state index is -0.0195. The summed E-state index contributed by atoms with van der Waals surface area (Å²) < 4.78 is 1.63. The molecule has 12 heavy (non-hydrogen) atoms. The van der Waals surface area contributed by atoms with Gasteiger partial charge in [0.05, 0.1) is 12.8 Å². The average molecular weight is 168 g/mol. The van der Waals surface area contributed by atoms with Crippen molar-refractivity contribution >= 4 is 5.78 Å². The lowest BCUT2D eigenvalue weighted by Crippen LogP contribution is -2.18. The molecule has 2 aromatic heterocycles. The molecule has 64 valence electrons. The van der Waals surface area contributed by atoms with Gasteiger partial charge in [-0.1, -0.05) is 0 Å². The fourth-order valence-corrected chi connectivity index (χ4v) is 0.922. The van der Waals surface area contributed by atoms with E-state index in [4.69, 9.17) is 9.94 Å². The number of aliphatic hydroxyl groups excluding tert-OH is 1. The minimum absolute atomic E-state index is 0.0195. The van der Waals surface area contributed by atoms with Crippen LogP contribution in [0.5, 0.6) is 0 Å². The molecule has 0 aliphatic heterocycles. The lowest BCUT2D eigenvalue weighted by molar-refractivity contribution is 0.0468. The zero-order valence-electron chi connectivity index (χ0n) is 6.29. The van der Waals surface area contributed by atoms with Crippen molar-refractivity contribution in [2.75, 3.05) is 13.2 Å². The largest absolute Gasteiger partial charge is 0.394 e. The minimum Gasteiger partial charge on any atom is -0.394 e. The summed E-state index contributed by atoms with van der Waals surface area (Å²) in [6.45, 7) is 0.220. The van der Waals surface area contributed by atoms with E-state index in [1.54, 1.807) is 16.9 Å². The number of fused-ring (bicyclic) bond motifs is 1. The lowest BCUT2D eigenvalue weighted by Gasteiger charge is -2.03. The molecule has 0 fully saturated rings. The molecule has 0 aliphatic rings. The van der Waals surface area contributed by atoms with Crippen LogP contribution in [0.3, 0.4) is 0 Å². The van der Waals surface area contributed by atoms with Crippen molar-refractivity contribution in [2.45, 2.75) is 0 Å². The third-order valence-corrected chi connectivity index (χ3v) is 1.40. The maximum absolute atomic E-state index is 8.50. The van der Waals surface area contributed by atoms with Gasteiger partial charge in [-0.25, -0.2) is 4.98 Å². The average Bonchev–Trinajstić information content (AvgIpc) is 2.62. The van der Waals surface area contributed by atoms with Gasteiger partial charge >= 0.3 is 0 Å². The highest BCUT2D eigenvalue weighted by Gasteiger charge is 2.00. The molecule has 0 saturated heterocycles. The first kappa shape index (κ1) is 7.11. The van der Waals surface area contributed by atoms with Gasteiger partial charge in [-0.3, -0.25) is 0 Å². The normalized spacial score (nSPS) is 10.8. The van der Waals surface area contributed by atoms with Gasteiger partial charge in [-0.2, -0.15) is 9.50 Å². The van der Waals surface area contributed by atoms with Crippen molar-refractivity contribution in [3.8, 4) is 0 Å². The third kappa shape index (κ3) is 1.02. The molecular weight excluding hydrogens is 160 g/mol. The Hall–Kier alpha value is -1.56. The Balaban J connectivity index is 2.28. The Morgan fingerprint density at radius 1 is 1.50 bits per heavy atom. The van der Waals surface area contributed by atoms with Crippen LogP contribution in [0.25, 0.3) is 5.78 Å². The second kappa shape index (κ2) is 2.82. The predicted octanol–water partition coefficient (Wildman–Crippen LogP) is -1.05. The van der Waals surface area contributed by atoms with E-state index in [-0.39, 0.29) is 13.2 Å². The fraction of sp³-hybridized carbons (Fsp3) is 0.333. The standard InChI is InChI=1S/C6H8N4O2/c11-3-4-12-10-5-8-6-7-1-2-9(6)10/h1-2,5,11H,3-4H2. The van der Waals surface area contributed by atoms with Crippen LogP contribution in [-0.2, 0) is 0 Å². The lowest BCUT2D eigenvalue weighted by atomic mass is 10.8. The molecule has 0 aromatic carbocycles. The smallest absolute Gasteiger partial charge is 0.253 e. The Bertz CT molecular complexity index is 366. The van der Waals surface area contributed by atoms with E-state index in [1.807, 2.05) is 0 Å². The molecule has 6 nitrogen and oxygen atoms in total. The molecule has 0 amide bonds. The fourth-order valence-electron chi connectivity index (χ4n) is 0.922. The van der Waals surface area contributed by atoms with Gasteiger partial charge in [0, 0.05) is 6.20 Å². The molecule has 0 radical (unpaired) electrons. The van der Waals surface area contributed by atoms with E-state index in [1.165, 1.54) is 11.2 Å². The van der Waals surface area contributed by atoms with Crippen LogP contribution in [0.15, 0.2) is 18.7 Å². The molecule has 2 aromatic rings. The van der Waals surface area contributed by atoms with Crippen LogP contribution in [0.2, 0.25) is 0 Å². The Morgan fingerprint density at radius 2 is 2.42 bits per heavy atom. The first-order valence-corrected chi connectivity index (χ1v) is 3.52. The zero-order valence-corrected chi connectivity index (χ0v) is 6.29. The van der Waals surface area contributed by atoms with Crippen molar-refractivity contribution in [2.24, 2.45) is 0 Å². The number of imidazole rings is 1. The summed E-state index contributed by atoms with van der Waals surface area (Å²) in [7, 11) is 0. The molecule has 0 aliphatic carbocycles. The maximum atomic E-state index is 8.50. The molecule has 0 bridgehead atoms. The molecule has 2 heterocycles. The molecule has 0 spiro atoms. The predicted molar refractivity (Wildman–Crippen MR) is 39.5 cm³/mol. The first-order valence-electron chi connectivity index (χ1n) is 3.52. The second-order valence-electron chi connectivity index (χ2n) is 2.18. The Morgan fingerprint density at radius 3 is 3.25 bits per heavy atom. The van der Waals surface area contributed by atoms with Crippen molar-refractivity contribution < 1.29 is 9.94 Å². The number of aliphatic hydroxyl groups is 1. The summed E-state index contributed by atoms with van der Waals surface area (Å²) in [5, 5.41) is 8.50. The Labute approximate surface area is 68.0 Å². The van der Waals surface area contributed by atoms with Gasteiger partial charge in [0.15, 0.2) is 6.33 Å². The van der Waals surface area contributed by atoms with E-state index in [2.05, 4.69) is 9.97 Å². The van der Waals surface area contributed by atoms with Crippen LogP contribution in [-0.4, -0.2) is 37.6 Å². The molecule has 2 rings (SSSR count). The molecule has 0 unspecified atom stereocenters. The zero-order chi connectivity index (χ0) is 8.39. The van der Waals surface area contributed by atoms with Crippen molar-refractivity contribution in [1.29, 1.82) is 0 Å². The van der Waals surface area contributed by atoms with Crippen LogP contribution in [0, 0.1) is 0 Å². The third-order valence-electron chi connectivity index (χ3n) is 1.40. The molecular formula is C6H8N4O2. The van der Waals surface area contributed by atoms with Crippen molar-refractivity contribution in [3.63, 3.8) is 0 Å². The number of hydrogen-bond acceptors (Lipinski definition) is 4. The number of rotatable bonds is 3. The van der Waals surface area contributed by atoms with Crippen LogP contribution in [0.1, 0.15) is 0 Å². The van der Waals surface area contributed by atoms with E-state index in [0.29, 0.717) is 5.78 Å². The first-order chi connectivity index (χ1) is 5.92. The summed E-state index contributed by atoms with van der Waals surface area (Å²) in [5.41, 5.74) is 0. The summed E-state index contributed by atoms with van der Waals surface area (Å²) in [6, 6.07) is 0. The highest BCUT2D eigenvalue weighted by Crippen LogP contribution is 1.94. The number of nitrogens with zero attached hydrogens (tertiary/aromatic N) is 4. The van der Waals surface area contributed by atoms with Gasteiger partial charge in [-0.05, 0) is 0 Å². The topological polar surface area (TPSA) is 64.6 Å². The van der Waals surface area contributed by atoms with Gasteiger partial charge in [0.1, 0.15) is 6.61 Å². The molecule has 1 N–H and O–H groups in total. The van der Waals surface area contributed by atoms with Gasteiger partial charge < -0.3 is 9.94 Å². The number of hydrogen-bond donors (Lipinski definition) is 1. The van der Waals surface area contributed by atoms with Crippen LogP contribution < -0.4 is 4.84 Å². The summed E-state index contributed by atoms with van der Waals surface area (Å²) >= 11 is 0. The van der Waals surface area contributed by atoms with Crippen LogP contribution >= 0.6 is 0 Å². The monoisotopic (exact) mass is 168 g/mol. The van der Waals surface area contributed by atoms with Crippen molar-refractivity contribution in [1.82, 2.24) is 19.3 Å². The molecule has 6 heteroatoms. The van der Waals surface area contributed by atoms with Crippen LogP contribution in [0.4, 0.5) is 0 Å². The highest BCUT2D eigenvalue weighted by atomic mass is 16.7.